The van der Waals surface area contributed by atoms with Gasteiger partial charge in [0.05, 0.1) is 0 Å². The van der Waals surface area contributed by atoms with Gasteiger partial charge in [-0.2, -0.15) is 4.98 Å². The molecule has 2 heterocycles. The van der Waals surface area contributed by atoms with Crippen LogP contribution in [-0.4, -0.2) is 35.3 Å². The number of rotatable bonds is 5. The van der Waals surface area contributed by atoms with E-state index in [1.54, 1.807) is 6.20 Å². The molecule has 1 aromatic heterocycles. The Bertz CT molecular complexity index is 747. The van der Waals surface area contributed by atoms with Crippen LogP contribution in [0.2, 0.25) is 0 Å². The fraction of sp³-hybridized carbons (Fsp3) is 0.524. The summed E-state index contributed by atoms with van der Waals surface area (Å²) in [6.07, 6.45) is 8.53. The molecule has 0 unspecified atom stereocenters. The van der Waals surface area contributed by atoms with Crippen LogP contribution >= 0.6 is 0 Å². The van der Waals surface area contributed by atoms with E-state index < -0.39 is 0 Å². The molecule has 0 amide bonds. The molecule has 1 aromatic carbocycles. The van der Waals surface area contributed by atoms with Gasteiger partial charge in [0.15, 0.2) is 0 Å². The Morgan fingerprint density at radius 2 is 1.89 bits per heavy atom. The van der Waals surface area contributed by atoms with Crippen molar-refractivity contribution in [3.05, 3.63) is 42.1 Å². The zero-order chi connectivity index (χ0) is 18.5. The van der Waals surface area contributed by atoms with Crippen LogP contribution in [0.15, 0.2) is 36.5 Å². The van der Waals surface area contributed by atoms with Gasteiger partial charge in [-0.3, -0.25) is 0 Å². The van der Waals surface area contributed by atoms with Gasteiger partial charge in [0, 0.05) is 37.2 Å². The molecule has 2 aliphatic rings. The van der Waals surface area contributed by atoms with Crippen LogP contribution in [0.25, 0.3) is 0 Å². The Morgan fingerprint density at radius 3 is 2.74 bits per heavy atom. The number of ether oxygens (including phenoxy) is 1. The SMILES string of the molecule is N[C@H]1CCCC[C@H]1Nc1nccc(Nc2cccc(C3CCOCC3)c2)n1. The van der Waals surface area contributed by atoms with Crippen molar-refractivity contribution < 1.29 is 4.74 Å². The average Bonchev–Trinajstić information content (AvgIpc) is 2.71. The zero-order valence-electron chi connectivity index (χ0n) is 15.7. The Labute approximate surface area is 160 Å². The molecule has 4 rings (SSSR count). The van der Waals surface area contributed by atoms with Crippen LogP contribution < -0.4 is 16.4 Å². The average molecular weight is 367 g/mol. The quantitative estimate of drug-likeness (QED) is 0.745. The molecule has 4 N–H and O–H groups in total. The van der Waals surface area contributed by atoms with Crippen molar-refractivity contribution in [2.24, 2.45) is 5.73 Å². The summed E-state index contributed by atoms with van der Waals surface area (Å²) in [5.41, 5.74) is 8.65. The summed E-state index contributed by atoms with van der Waals surface area (Å²) in [5, 5.41) is 6.84. The third-order valence-electron chi connectivity index (χ3n) is 5.64. The van der Waals surface area contributed by atoms with Crippen molar-refractivity contribution in [3.63, 3.8) is 0 Å². The molecule has 27 heavy (non-hydrogen) atoms. The highest BCUT2D eigenvalue weighted by molar-refractivity contribution is 5.58. The maximum absolute atomic E-state index is 6.23. The number of nitrogens with zero attached hydrogens (tertiary/aromatic N) is 2. The lowest BCUT2D eigenvalue weighted by molar-refractivity contribution is 0.0853. The Hall–Kier alpha value is -2.18. The Kier molecular flexibility index (Phi) is 5.84. The van der Waals surface area contributed by atoms with Gasteiger partial charge in [0.25, 0.3) is 0 Å². The molecular weight excluding hydrogens is 338 g/mol. The number of aromatic nitrogens is 2. The van der Waals surface area contributed by atoms with E-state index in [-0.39, 0.29) is 12.1 Å². The van der Waals surface area contributed by atoms with E-state index in [4.69, 9.17) is 10.5 Å². The fourth-order valence-electron chi connectivity index (χ4n) is 4.05. The predicted octanol–water partition coefficient (Wildman–Crippen LogP) is 3.80. The van der Waals surface area contributed by atoms with Gasteiger partial charge in [0.1, 0.15) is 5.82 Å². The first-order chi connectivity index (χ1) is 13.3. The number of benzene rings is 1. The summed E-state index contributed by atoms with van der Waals surface area (Å²) in [6, 6.07) is 10.9. The standard InChI is InChI=1S/C21H29N5O/c22-18-6-1-2-7-19(18)25-21-23-11-8-20(26-21)24-17-5-3-4-16(14-17)15-9-12-27-13-10-15/h3-5,8,11,14-15,18-19H,1-2,6-7,9-10,12-13,22H2,(H2,23,24,25,26)/t18-,19+/m0/s1. The molecule has 144 valence electrons. The van der Waals surface area contributed by atoms with Crippen molar-refractivity contribution in [1.82, 2.24) is 9.97 Å². The smallest absolute Gasteiger partial charge is 0.224 e. The molecule has 1 aliphatic heterocycles. The Morgan fingerprint density at radius 1 is 1.04 bits per heavy atom. The van der Waals surface area contributed by atoms with E-state index in [0.29, 0.717) is 11.9 Å². The van der Waals surface area contributed by atoms with E-state index in [9.17, 15) is 0 Å². The van der Waals surface area contributed by atoms with Crippen LogP contribution in [0.3, 0.4) is 0 Å². The third kappa shape index (κ3) is 4.76. The van der Waals surface area contributed by atoms with Crippen LogP contribution in [0.1, 0.15) is 50.0 Å². The highest BCUT2D eigenvalue weighted by Gasteiger charge is 2.22. The van der Waals surface area contributed by atoms with E-state index >= 15 is 0 Å². The van der Waals surface area contributed by atoms with Gasteiger partial charge < -0.3 is 21.1 Å². The molecule has 6 heteroatoms. The first kappa shape index (κ1) is 18.2. The summed E-state index contributed by atoms with van der Waals surface area (Å²) in [6.45, 7) is 1.71. The van der Waals surface area contributed by atoms with Crippen molar-refractivity contribution in [1.29, 1.82) is 0 Å². The van der Waals surface area contributed by atoms with Crippen molar-refractivity contribution >= 4 is 17.5 Å². The minimum atomic E-state index is 0.176. The van der Waals surface area contributed by atoms with Crippen LogP contribution in [0.4, 0.5) is 17.5 Å². The minimum Gasteiger partial charge on any atom is -0.381 e. The summed E-state index contributed by atoms with van der Waals surface area (Å²) in [7, 11) is 0. The maximum Gasteiger partial charge on any atom is 0.224 e. The second-order valence-electron chi connectivity index (χ2n) is 7.60. The monoisotopic (exact) mass is 367 g/mol. The van der Waals surface area contributed by atoms with Crippen LogP contribution in [0.5, 0.6) is 0 Å². The second-order valence-corrected chi connectivity index (χ2v) is 7.60. The molecular formula is C21H29N5O. The molecule has 6 nitrogen and oxygen atoms in total. The number of anilines is 3. The van der Waals surface area contributed by atoms with E-state index in [1.807, 2.05) is 6.07 Å². The summed E-state index contributed by atoms with van der Waals surface area (Å²) < 4.78 is 5.48. The first-order valence-electron chi connectivity index (χ1n) is 10.1. The lowest BCUT2D eigenvalue weighted by Crippen LogP contribution is -2.42. The summed E-state index contributed by atoms with van der Waals surface area (Å²) in [5.74, 6) is 2.01. The topological polar surface area (TPSA) is 85.1 Å². The highest BCUT2D eigenvalue weighted by atomic mass is 16.5. The molecule has 1 saturated heterocycles. The van der Waals surface area contributed by atoms with Crippen molar-refractivity contribution in [3.8, 4) is 0 Å². The van der Waals surface area contributed by atoms with Gasteiger partial charge >= 0.3 is 0 Å². The number of hydrogen-bond donors (Lipinski definition) is 3. The van der Waals surface area contributed by atoms with E-state index in [2.05, 4.69) is 44.9 Å². The van der Waals surface area contributed by atoms with Crippen molar-refractivity contribution in [2.75, 3.05) is 23.8 Å². The molecule has 1 aliphatic carbocycles. The zero-order valence-corrected chi connectivity index (χ0v) is 15.7. The van der Waals surface area contributed by atoms with E-state index in [0.717, 1.165) is 50.4 Å². The lowest BCUT2D eigenvalue weighted by Gasteiger charge is -2.29. The number of hydrogen-bond acceptors (Lipinski definition) is 6. The van der Waals surface area contributed by atoms with Crippen LogP contribution in [-0.2, 0) is 4.74 Å². The molecule has 2 atom stereocenters. The van der Waals surface area contributed by atoms with Crippen molar-refractivity contribution in [2.45, 2.75) is 56.5 Å². The normalized spacial score (nSPS) is 23.7. The largest absolute Gasteiger partial charge is 0.381 e. The minimum absolute atomic E-state index is 0.176. The molecule has 0 bridgehead atoms. The second kappa shape index (κ2) is 8.67. The predicted molar refractivity (Wildman–Crippen MR) is 108 cm³/mol. The Balaban J connectivity index is 1.43. The number of nitrogens with one attached hydrogen (secondary N) is 2. The highest BCUT2D eigenvalue weighted by Crippen LogP contribution is 2.29. The van der Waals surface area contributed by atoms with Gasteiger partial charge in [-0.05, 0) is 55.4 Å². The molecule has 2 aromatic rings. The maximum atomic E-state index is 6.23. The lowest BCUT2D eigenvalue weighted by atomic mass is 9.91. The van der Waals surface area contributed by atoms with Gasteiger partial charge in [-0.1, -0.05) is 25.0 Å². The third-order valence-corrected chi connectivity index (χ3v) is 5.64. The first-order valence-corrected chi connectivity index (χ1v) is 10.1. The van der Waals surface area contributed by atoms with Crippen LogP contribution in [0, 0.1) is 0 Å². The van der Waals surface area contributed by atoms with Gasteiger partial charge in [-0.25, -0.2) is 4.98 Å². The fourth-order valence-corrected chi connectivity index (χ4v) is 4.05. The molecule has 0 radical (unpaired) electrons. The van der Waals surface area contributed by atoms with Gasteiger partial charge in [0.2, 0.25) is 5.95 Å². The molecule has 0 spiro atoms. The summed E-state index contributed by atoms with van der Waals surface area (Å²) in [4.78, 5) is 9.00. The van der Waals surface area contributed by atoms with E-state index in [1.165, 1.54) is 18.4 Å². The molecule has 2 fully saturated rings. The number of nitrogens with two attached hydrogens (primary N) is 1. The molecule has 1 saturated carbocycles. The summed E-state index contributed by atoms with van der Waals surface area (Å²) >= 11 is 0. The van der Waals surface area contributed by atoms with Gasteiger partial charge in [-0.15, -0.1) is 0 Å².